The summed E-state index contributed by atoms with van der Waals surface area (Å²) in [6.45, 7) is 1.74. The fourth-order valence-corrected chi connectivity index (χ4v) is 5.85. The predicted molar refractivity (Wildman–Crippen MR) is 190 cm³/mol. The van der Waals surface area contributed by atoms with Crippen LogP contribution in [0.3, 0.4) is 0 Å². The Bertz CT molecular complexity index is 1360. The first kappa shape index (κ1) is 34.8. The predicted octanol–water partition coefficient (Wildman–Crippen LogP) is 8.50. The van der Waals surface area contributed by atoms with Gasteiger partial charge in [-0.1, -0.05) is 103 Å². The van der Waals surface area contributed by atoms with Crippen LogP contribution in [0.1, 0.15) is 54.0 Å². The van der Waals surface area contributed by atoms with Crippen molar-refractivity contribution in [1.29, 1.82) is 0 Å². The number of carbonyl (C=O) groups excluding carboxylic acids is 1. The van der Waals surface area contributed by atoms with Crippen LogP contribution in [-0.4, -0.2) is 38.3 Å². The van der Waals surface area contributed by atoms with Gasteiger partial charge in [-0.2, -0.15) is 0 Å². The molecule has 0 aliphatic carbocycles. The summed E-state index contributed by atoms with van der Waals surface area (Å²) in [5.41, 5.74) is 5.86. The summed E-state index contributed by atoms with van der Waals surface area (Å²) in [5.74, 6) is 0. The fraction of sp³-hybridized carbons (Fsp3) is 0.342. The summed E-state index contributed by atoms with van der Waals surface area (Å²) in [5, 5.41) is 0. The maximum absolute atomic E-state index is 11.5. The van der Waals surface area contributed by atoms with E-state index in [0.29, 0.717) is 26.2 Å². The number of rotatable bonds is 15. The van der Waals surface area contributed by atoms with E-state index in [-0.39, 0.29) is 24.4 Å². The lowest BCUT2D eigenvalue weighted by Crippen LogP contribution is -2.39. The lowest BCUT2D eigenvalue weighted by molar-refractivity contribution is -0.141. The molecule has 1 aliphatic heterocycles. The Morgan fingerprint density at radius 3 is 1.98 bits per heavy atom. The Kier molecular flexibility index (Phi) is 15.0. The number of aldehydes is 1. The maximum atomic E-state index is 11.5. The van der Waals surface area contributed by atoms with Crippen LogP contribution < -0.4 is 4.90 Å². The molecule has 0 radical (unpaired) electrons. The van der Waals surface area contributed by atoms with E-state index in [2.05, 4.69) is 101 Å². The Labute approximate surface area is 279 Å². The summed E-state index contributed by atoms with van der Waals surface area (Å²) in [4.78, 5) is 13.7. The number of thiol groups is 2. The lowest BCUT2D eigenvalue weighted by atomic mass is 9.95. The molecule has 5 nitrogen and oxygen atoms in total. The van der Waals surface area contributed by atoms with Gasteiger partial charge in [0.15, 0.2) is 0 Å². The standard InChI is InChI=1S/C38H43NO4.H2S2/c1-39(34-15-9-4-10-16-34)38(23-24-40)33-20-17-30(18-21-33)19-22-35-25-36(42-28-32-13-7-3-8-14-32)26-37(43-35)29-41-27-31-11-5-2-6-12-31;1-2/h2-18,20-21,24,35-38H,19,22-23,25-29H2,1H3;1-2H. The highest BCUT2D eigenvalue weighted by Gasteiger charge is 2.30. The average molecular weight is 644 g/mol. The molecular weight excluding hydrogens is 599 g/mol. The lowest BCUT2D eigenvalue weighted by Gasteiger charge is -2.35. The molecule has 0 aromatic heterocycles. The van der Waals surface area contributed by atoms with E-state index < -0.39 is 0 Å². The van der Waals surface area contributed by atoms with Gasteiger partial charge >= 0.3 is 0 Å². The fourth-order valence-electron chi connectivity index (χ4n) is 5.85. The van der Waals surface area contributed by atoms with E-state index in [1.165, 1.54) is 16.7 Å². The van der Waals surface area contributed by atoms with Gasteiger partial charge in [-0.25, -0.2) is 0 Å². The van der Waals surface area contributed by atoms with Crippen LogP contribution in [0.5, 0.6) is 0 Å². The van der Waals surface area contributed by atoms with Crippen LogP contribution in [0.25, 0.3) is 0 Å². The van der Waals surface area contributed by atoms with Gasteiger partial charge in [-0.3, -0.25) is 0 Å². The van der Waals surface area contributed by atoms with Crippen LogP contribution >= 0.6 is 23.3 Å². The van der Waals surface area contributed by atoms with Gasteiger partial charge in [0.25, 0.3) is 0 Å². The molecule has 0 saturated carbocycles. The minimum Gasteiger partial charge on any atom is -0.374 e. The van der Waals surface area contributed by atoms with Gasteiger partial charge in [0, 0.05) is 25.6 Å². The second kappa shape index (κ2) is 19.4. The molecule has 4 atom stereocenters. The third-order valence-electron chi connectivity index (χ3n) is 8.25. The van der Waals surface area contributed by atoms with Crippen LogP contribution in [-0.2, 0) is 38.6 Å². The normalized spacial score (nSPS) is 18.3. The summed E-state index contributed by atoms with van der Waals surface area (Å²) < 4.78 is 19.0. The first-order chi connectivity index (χ1) is 22.2. The van der Waals surface area contributed by atoms with Gasteiger partial charge in [0.05, 0.1) is 44.2 Å². The maximum Gasteiger partial charge on any atom is 0.122 e. The first-order valence-electron chi connectivity index (χ1n) is 15.6. The Balaban J connectivity index is 0.00000226. The number of nitrogens with zero attached hydrogens (tertiary/aromatic N) is 1. The Morgan fingerprint density at radius 1 is 0.778 bits per heavy atom. The molecule has 0 amide bonds. The molecule has 7 heteroatoms. The molecule has 5 rings (SSSR count). The van der Waals surface area contributed by atoms with Gasteiger partial charge in [0.1, 0.15) is 6.29 Å². The molecule has 4 unspecified atom stereocenters. The third-order valence-corrected chi connectivity index (χ3v) is 8.25. The molecule has 0 N–H and O–H groups in total. The largest absolute Gasteiger partial charge is 0.374 e. The van der Waals surface area contributed by atoms with Crippen molar-refractivity contribution in [3.63, 3.8) is 0 Å². The van der Waals surface area contributed by atoms with Crippen LogP contribution in [0, 0.1) is 0 Å². The van der Waals surface area contributed by atoms with E-state index in [1.54, 1.807) is 0 Å². The van der Waals surface area contributed by atoms with E-state index in [1.807, 2.05) is 49.5 Å². The number of anilines is 1. The summed E-state index contributed by atoms with van der Waals surface area (Å²) >= 11 is 6.44. The van der Waals surface area contributed by atoms with E-state index in [0.717, 1.165) is 43.2 Å². The summed E-state index contributed by atoms with van der Waals surface area (Å²) in [6.07, 6.45) is 5.23. The second-order valence-electron chi connectivity index (χ2n) is 11.4. The SMILES string of the molecule is CN(c1ccccc1)C(CC=O)c1ccc(CCC2CC(OCc3ccccc3)CC(COCc3ccccc3)O2)cc1.SS. The highest BCUT2D eigenvalue weighted by molar-refractivity contribution is 8.59. The molecule has 0 spiro atoms. The first-order valence-corrected chi connectivity index (χ1v) is 17.2. The number of hydrogen-bond donors (Lipinski definition) is 2. The van der Waals surface area contributed by atoms with Gasteiger partial charge < -0.3 is 23.9 Å². The molecular formula is C38H45NO4S2. The molecule has 1 saturated heterocycles. The Morgan fingerprint density at radius 2 is 1.36 bits per heavy atom. The highest BCUT2D eigenvalue weighted by Crippen LogP contribution is 2.29. The molecule has 238 valence electrons. The molecule has 1 aliphatic rings. The van der Waals surface area contributed by atoms with E-state index in [4.69, 9.17) is 14.2 Å². The number of carbonyl (C=O) groups is 1. The number of para-hydroxylation sites is 1. The number of ether oxygens (including phenoxy) is 3. The second-order valence-corrected chi connectivity index (χ2v) is 11.4. The van der Waals surface area contributed by atoms with Crippen molar-refractivity contribution in [2.24, 2.45) is 0 Å². The zero-order valence-electron chi connectivity index (χ0n) is 26.0. The van der Waals surface area contributed by atoms with Crippen molar-refractivity contribution in [2.75, 3.05) is 18.6 Å². The van der Waals surface area contributed by atoms with Gasteiger partial charge in [-0.15, -0.1) is 23.3 Å². The minimum atomic E-state index is -0.00482. The molecule has 4 aromatic carbocycles. The van der Waals surface area contributed by atoms with Crippen LogP contribution in [0.15, 0.2) is 115 Å². The molecule has 1 heterocycles. The number of aryl methyl sites for hydroxylation is 1. The van der Waals surface area contributed by atoms with Crippen molar-refractivity contribution in [3.8, 4) is 0 Å². The highest BCUT2D eigenvalue weighted by atomic mass is 33.1. The van der Waals surface area contributed by atoms with Crippen LogP contribution in [0.4, 0.5) is 5.69 Å². The quantitative estimate of drug-likeness (QED) is 0.0773. The number of hydrogen-bond acceptors (Lipinski definition) is 7. The van der Waals surface area contributed by atoms with Crippen molar-refractivity contribution >= 4 is 35.3 Å². The molecule has 0 bridgehead atoms. The minimum absolute atomic E-state index is 0.00300. The monoisotopic (exact) mass is 643 g/mol. The van der Waals surface area contributed by atoms with Crippen molar-refractivity contribution in [1.82, 2.24) is 0 Å². The Hall–Kier alpha value is -3.07. The summed E-state index contributed by atoms with van der Waals surface area (Å²) in [6, 6.07) is 39.5. The van der Waals surface area contributed by atoms with E-state index in [9.17, 15) is 4.79 Å². The molecule has 4 aromatic rings. The van der Waals surface area contributed by atoms with Crippen molar-refractivity contribution in [3.05, 3.63) is 138 Å². The van der Waals surface area contributed by atoms with Crippen LogP contribution in [0.2, 0.25) is 0 Å². The molecule has 45 heavy (non-hydrogen) atoms. The zero-order valence-corrected chi connectivity index (χ0v) is 27.8. The average Bonchev–Trinajstić information content (AvgIpc) is 3.11. The topological polar surface area (TPSA) is 48.0 Å². The van der Waals surface area contributed by atoms with Gasteiger partial charge in [0.2, 0.25) is 0 Å². The zero-order chi connectivity index (χ0) is 31.7. The smallest absolute Gasteiger partial charge is 0.122 e. The third kappa shape index (κ3) is 11.3. The van der Waals surface area contributed by atoms with Gasteiger partial charge in [-0.05, 0) is 53.6 Å². The van der Waals surface area contributed by atoms with Crippen molar-refractivity contribution in [2.45, 2.75) is 69.7 Å². The summed E-state index contributed by atoms with van der Waals surface area (Å²) in [7, 11) is 2.05. The molecule has 1 fully saturated rings. The number of benzene rings is 4. The van der Waals surface area contributed by atoms with Crippen molar-refractivity contribution < 1.29 is 19.0 Å². The van der Waals surface area contributed by atoms with E-state index >= 15 is 0 Å².